The summed E-state index contributed by atoms with van der Waals surface area (Å²) < 4.78 is 6.06. The number of ether oxygens (including phenoxy) is 1. The molecule has 1 saturated heterocycles. The molecule has 0 saturated carbocycles. The van der Waals surface area contributed by atoms with Gasteiger partial charge in [0.1, 0.15) is 11.6 Å². The number of aromatic nitrogens is 1. The second-order valence-electron chi connectivity index (χ2n) is 11.5. The van der Waals surface area contributed by atoms with Gasteiger partial charge in [0.2, 0.25) is 0 Å². The number of nitrogens with zero attached hydrogens (tertiary/aromatic N) is 3. The molecule has 1 unspecified atom stereocenters. The Bertz CT molecular complexity index is 1640. The highest BCUT2D eigenvalue weighted by Crippen LogP contribution is 2.40. The van der Waals surface area contributed by atoms with Crippen LogP contribution >= 0.6 is 23.2 Å². The van der Waals surface area contributed by atoms with Crippen LogP contribution in [0, 0.1) is 0 Å². The van der Waals surface area contributed by atoms with Crippen molar-refractivity contribution in [1.29, 1.82) is 0 Å². The van der Waals surface area contributed by atoms with Crippen LogP contribution in [0.2, 0.25) is 10.0 Å². The molecule has 7 heteroatoms. The zero-order valence-corrected chi connectivity index (χ0v) is 27.5. The van der Waals surface area contributed by atoms with Crippen LogP contribution in [0.25, 0.3) is 10.9 Å². The van der Waals surface area contributed by atoms with E-state index in [1.165, 1.54) is 27.8 Å². The van der Waals surface area contributed by atoms with Gasteiger partial charge in [-0.1, -0.05) is 74.1 Å². The van der Waals surface area contributed by atoms with Crippen LogP contribution < -0.4 is 4.74 Å². The Kier molecular flexibility index (Phi) is 9.97. The Balaban J connectivity index is 0.000000367. The average Bonchev–Trinajstić information content (AvgIpc) is 3.51. The Morgan fingerprint density at radius 1 is 1.00 bits per heavy atom. The smallest absolute Gasteiger partial charge is 0.119 e. The third-order valence-corrected chi connectivity index (χ3v) is 9.02. The Labute approximate surface area is 272 Å². The maximum atomic E-state index is 6.31. The molecule has 1 N–H and O–H groups in total. The summed E-state index contributed by atoms with van der Waals surface area (Å²) in [6, 6.07) is 22.6. The van der Waals surface area contributed by atoms with Crippen molar-refractivity contribution in [3.05, 3.63) is 136 Å². The molecule has 4 aromatic rings. The first-order chi connectivity index (χ1) is 21.2. The maximum absolute atomic E-state index is 6.31. The molecule has 3 heterocycles. The molecule has 5 nitrogen and oxygen atoms in total. The predicted octanol–water partition coefficient (Wildman–Crippen LogP) is 9.21. The van der Waals surface area contributed by atoms with Gasteiger partial charge in [0.15, 0.2) is 0 Å². The predicted molar refractivity (Wildman–Crippen MR) is 185 cm³/mol. The molecule has 3 aromatic carbocycles. The molecule has 44 heavy (non-hydrogen) atoms. The molecule has 0 spiro atoms. The van der Waals surface area contributed by atoms with E-state index in [0.29, 0.717) is 6.61 Å². The lowest BCUT2D eigenvalue weighted by Gasteiger charge is -2.38. The van der Waals surface area contributed by atoms with Gasteiger partial charge in [-0.25, -0.2) is 0 Å². The normalized spacial score (nSPS) is 16.2. The topological polar surface area (TPSA) is 34.7 Å². The zero-order valence-electron chi connectivity index (χ0n) is 26.0. The van der Waals surface area contributed by atoms with E-state index in [9.17, 15) is 0 Å². The monoisotopic (exact) mass is 628 g/mol. The number of nitrogens with one attached hydrogen (secondary N) is 1. The molecular weight excluding hydrogens is 587 g/mol. The van der Waals surface area contributed by atoms with Crippen molar-refractivity contribution in [2.75, 3.05) is 33.3 Å². The van der Waals surface area contributed by atoms with Gasteiger partial charge in [-0.15, -0.1) is 0 Å². The summed E-state index contributed by atoms with van der Waals surface area (Å²) in [6.45, 7) is 20.0. The summed E-state index contributed by atoms with van der Waals surface area (Å²) in [6.07, 6.45) is 2.97. The number of aryl methyl sites for hydroxylation is 1. The van der Waals surface area contributed by atoms with Crippen LogP contribution in [0.5, 0.6) is 5.75 Å². The minimum atomic E-state index is 0.0859. The number of H-pyrrole nitrogens is 1. The number of fused-ring (bicyclic) bond motifs is 3. The molecule has 2 aliphatic heterocycles. The van der Waals surface area contributed by atoms with Crippen LogP contribution in [0.3, 0.4) is 0 Å². The van der Waals surface area contributed by atoms with Gasteiger partial charge >= 0.3 is 0 Å². The fourth-order valence-electron chi connectivity index (χ4n) is 5.95. The summed E-state index contributed by atoms with van der Waals surface area (Å²) in [7, 11) is 2.01. The number of hydrogen-bond acceptors (Lipinski definition) is 4. The van der Waals surface area contributed by atoms with E-state index in [2.05, 4.69) is 84.8 Å². The highest BCUT2D eigenvalue weighted by molar-refractivity contribution is 6.31. The van der Waals surface area contributed by atoms with E-state index in [0.717, 1.165) is 77.4 Å². The van der Waals surface area contributed by atoms with Crippen molar-refractivity contribution in [2.24, 2.45) is 0 Å². The molecule has 6 rings (SSSR count). The summed E-state index contributed by atoms with van der Waals surface area (Å²) >= 11 is 12.0. The third kappa shape index (κ3) is 6.95. The molecule has 0 radical (unpaired) electrons. The Morgan fingerprint density at radius 2 is 1.70 bits per heavy atom. The van der Waals surface area contributed by atoms with E-state index in [1.54, 1.807) is 0 Å². The van der Waals surface area contributed by atoms with Gasteiger partial charge < -0.3 is 24.4 Å². The van der Waals surface area contributed by atoms with Gasteiger partial charge in [0.05, 0.1) is 19.2 Å². The zero-order chi connectivity index (χ0) is 31.4. The molecule has 230 valence electrons. The highest BCUT2D eigenvalue weighted by Gasteiger charge is 2.31. The van der Waals surface area contributed by atoms with Crippen LogP contribution in [0.15, 0.2) is 104 Å². The van der Waals surface area contributed by atoms with Crippen LogP contribution in [-0.2, 0) is 12.8 Å². The molecule has 0 bridgehead atoms. The van der Waals surface area contributed by atoms with Crippen LogP contribution in [0.1, 0.15) is 48.7 Å². The van der Waals surface area contributed by atoms with Gasteiger partial charge in [-0.05, 0) is 85.3 Å². The van der Waals surface area contributed by atoms with Crippen molar-refractivity contribution in [1.82, 2.24) is 19.7 Å². The number of benzene rings is 3. The molecule has 1 atom stereocenters. The molecule has 2 aliphatic rings. The van der Waals surface area contributed by atoms with Crippen LogP contribution in [0.4, 0.5) is 0 Å². The number of hydrogen-bond donors (Lipinski definition) is 1. The fourth-order valence-corrected chi connectivity index (χ4v) is 6.25. The summed E-state index contributed by atoms with van der Waals surface area (Å²) in [5.41, 5.74) is 8.40. The van der Waals surface area contributed by atoms with Gasteiger partial charge in [-0.2, -0.15) is 0 Å². The largest absolute Gasteiger partial charge is 0.494 e. The van der Waals surface area contributed by atoms with E-state index in [4.69, 9.17) is 27.9 Å². The van der Waals surface area contributed by atoms with Gasteiger partial charge in [0.25, 0.3) is 0 Å². The van der Waals surface area contributed by atoms with Crippen molar-refractivity contribution in [2.45, 2.75) is 39.2 Å². The fraction of sp³-hybridized carbons (Fsp3) is 0.297. The standard InChI is InChI=1S/C29H33ClN4O.C8H9Cl/c1-19(2)34-15-13-25-26-17-23(30)9-12-27(26)31-28(25)29(34)22-7-10-24(11-8-22)35-16-6-14-33-18-20(3)32(5)21(33)4;1-2-7-3-5-8(9)6-4-7/h7-12,17,29,31H,1,3-4,6,13-16,18H2,2,5H3;3-6H,2H2,1H3. The first-order valence-corrected chi connectivity index (χ1v) is 16.0. The summed E-state index contributed by atoms with van der Waals surface area (Å²) in [5.74, 6) is 1.89. The number of aromatic amines is 1. The Morgan fingerprint density at radius 3 is 2.34 bits per heavy atom. The first-order valence-electron chi connectivity index (χ1n) is 15.2. The number of allylic oxidation sites excluding steroid dienone is 1. The lowest BCUT2D eigenvalue weighted by molar-refractivity contribution is 0.270. The molecule has 1 aromatic heterocycles. The first kappa shape index (κ1) is 31.6. The van der Waals surface area contributed by atoms with E-state index in [1.807, 2.05) is 42.3 Å². The van der Waals surface area contributed by atoms with Gasteiger partial charge in [-0.3, -0.25) is 0 Å². The van der Waals surface area contributed by atoms with Crippen LogP contribution in [-0.4, -0.2) is 53.0 Å². The van der Waals surface area contributed by atoms with E-state index >= 15 is 0 Å². The highest BCUT2D eigenvalue weighted by atomic mass is 35.5. The number of likely N-dealkylation sites (N-methyl/N-ethyl adjacent to an activating group) is 1. The van der Waals surface area contributed by atoms with Crippen molar-refractivity contribution >= 4 is 34.1 Å². The number of rotatable bonds is 8. The van der Waals surface area contributed by atoms with Crippen molar-refractivity contribution in [3.63, 3.8) is 0 Å². The molecule has 0 aliphatic carbocycles. The lowest BCUT2D eigenvalue weighted by atomic mass is 9.92. The average molecular weight is 630 g/mol. The minimum Gasteiger partial charge on any atom is -0.494 e. The SMILES string of the molecule is C=C1CN(CCCOc2ccc(C3c4[nH]c5ccc(Cl)cc5c4CCN3C(=C)C)cc2)C(=C)N1C.CCc1ccc(Cl)cc1. The van der Waals surface area contributed by atoms with Crippen molar-refractivity contribution in [3.8, 4) is 5.75 Å². The van der Waals surface area contributed by atoms with E-state index in [-0.39, 0.29) is 6.04 Å². The van der Waals surface area contributed by atoms with Gasteiger partial charge in [0, 0.05) is 58.2 Å². The summed E-state index contributed by atoms with van der Waals surface area (Å²) in [4.78, 5) is 10.3. The second kappa shape index (κ2) is 13.9. The maximum Gasteiger partial charge on any atom is 0.119 e. The second-order valence-corrected chi connectivity index (χ2v) is 12.4. The lowest BCUT2D eigenvalue weighted by Crippen LogP contribution is -2.34. The number of halogens is 2. The third-order valence-electron chi connectivity index (χ3n) is 8.54. The quantitative estimate of drug-likeness (QED) is 0.197. The molecule has 0 amide bonds. The molecule has 1 fully saturated rings. The molecular formula is C37H42Cl2N4O. The van der Waals surface area contributed by atoms with Crippen molar-refractivity contribution < 1.29 is 4.74 Å². The summed E-state index contributed by atoms with van der Waals surface area (Å²) in [5, 5.41) is 2.80. The minimum absolute atomic E-state index is 0.0859. The Hall–Kier alpha value is -3.80. The van der Waals surface area contributed by atoms with E-state index < -0.39 is 0 Å².